The molecule has 176 valence electrons. The van der Waals surface area contributed by atoms with Crippen molar-refractivity contribution in [2.75, 3.05) is 7.05 Å². The molecule has 7 nitrogen and oxygen atoms in total. The summed E-state index contributed by atoms with van der Waals surface area (Å²) in [5.41, 5.74) is 2.28. The number of thiophene rings is 1. The van der Waals surface area contributed by atoms with E-state index in [1.54, 1.807) is 29.6 Å². The van der Waals surface area contributed by atoms with Crippen molar-refractivity contribution in [3.8, 4) is 16.9 Å². The molecule has 2 aromatic heterocycles. The monoisotopic (exact) mass is 492 g/mol. The number of hydrogen-bond donors (Lipinski definition) is 3. The average Bonchev–Trinajstić information content (AvgIpc) is 3.45. The summed E-state index contributed by atoms with van der Waals surface area (Å²) in [5, 5.41) is 14.2. The van der Waals surface area contributed by atoms with Gasteiger partial charge >= 0.3 is 6.36 Å². The zero-order valence-electron chi connectivity index (χ0n) is 17.4. The van der Waals surface area contributed by atoms with Crippen molar-refractivity contribution < 1.29 is 31.9 Å². The van der Waals surface area contributed by atoms with Crippen molar-refractivity contribution in [2.24, 2.45) is 0 Å². The molecule has 0 radical (unpaired) electrons. The van der Waals surface area contributed by atoms with Gasteiger partial charge in [-0.25, -0.2) is 4.39 Å². The summed E-state index contributed by atoms with van der Waals surface area (Å²) >= 11 is 1.15. The predicted octanol–water partition coefficient (Wildman–Crippen LogP) is 4.62. The average molecular weight is 492 g/mol. The van der Waals surface area contributed by atoms with E-state index < -0.39 is 23.8 Å². The lowest BCUT2D eigenvalue weighted by Gasteiger charge is -2.11. The molecule has 0 fully saturated rings. The number of fused-ring (bicyclic) bond motifs is 1. The summed E-state index contributed by atoms with van der Waals surface area (Å²) in [6.07, 6.45) is -4.91. The molecular formula is C22H16F4N4O3S. The number of rotatable bonds is 6. The lowest BCUT2D eigenvalue weighted by molar-refractivity contribution is -0.274. The molecule has 0 aliphatic carbocycles. The molecule has 12 heteroatoms. The Morgan fingerprint density at radius 3 is 2.62 bits per heavy atom. The quantitative estimate of drug-likeness (QED) is 0.343. The first-order valence-electron chi connectivity index (χ1n) is 9.76. The SMILES string of the molecule is CNC(=O)c1n[nH]c2cc(-c3csc(C(=O)NCc4cc(OC(F)(F)F)ccc4F)c3)ccc12. The number of nitrogens with zero attached hydrogens (tertiary/aromatic N) is 1. The highest BCUT2D eigenvalue weighted by Crippen LogP contribution is 2.29. The van der Waals surface area contributed by atoms with E-state index in [1.807, 2.05) is 0 Å². The second-order valence-corrected chi connectivity index (χ2v) is 8.01. The summed E-state index contributed by atoms with van der Waals surface area (Å²) < 4.78 is 54.9. The summed E-state index contributed by atoms with van der Waals surface area (Å²) in [6.45, 7) is -0.324. The van der Waals surface area contributed by atoms with Gasteiger partial charge in [0.1, 0.15) is 11.6 Å². The molecule has 34 heavy (non-hydrogen) atoms. The Bertz CT molecular complexity index is 1380. The third-order valence-corrected chi connectivity index (χ3v) is 5.78. The molecule has 0 saturated carbocycles. The summed E-state index contributed by atoms with van der Waals surface area (Å²) in [6, 6.07) is 9.54. The minimum absolute atomic E-state index is 0.150. The van der Waals surface area contributed by atoms with Gasteiger partial charge in [-0.3, -0.25) is 14.7 Å². The third-order valence-electron chi connectivity index (χ3n) is 4.85. The Morgan fingerprint density at radius 1 is 1.09 bits per heavy atom. The van der Waals surface area contributed by atoms with Crippen LogP contribution in [0.4, 0.5) is 17.6 Å². The van der Waals surface area contributed by atoms with Crippen molar-refractivity contribution >= 4 is 34.1 Å². The van der Waals surface area contributed by atoms with Gasteiger partial charge in [0.25, 0.3) is 11.8 Å². The van der Waals surface area contributed by atoms with Crippen LogP contribution in [0.1, 0.15) is 25.7 Å². The smallest absolute Gasteiger partial charge is 0.406 e. The first-order chi connectivity index (χ1) is 16.1. The molecule has 2 aromatic carbocycles. The molecule has 0 saturated heterocycles. The van der Waals surface area contributed by atoms with E-state index in [2.05, 4.69) is 25.6 Å². The zero-order valence-corrected chi connectivity index (χ0v) is 18.2. The van der Waals surface area contributed by atoms with Gasteiger partial charge in [-0.2, -0.15) is 5.10 Å². The van der Waals surface area contributed by atoms with Gasteiger partial charge in [-0.1, -0.05) is 6.07 Å². The van der Waals surface area contributed by atoms with Crippen LogP contribution in [0.2, 0.25) is 0 Å². The fraction of sp³-hybridized carbons (Fsp3) is 0.136. The lowest BCUT2D eigenvalue weighted by atomic mass is 10.1. The number of H-pyrrole nitrogens is 1. The number of benzene rings is 2. The predicted molar refractivity (Wildman–Crippen MR) is 117 cm³/mol. The first-order valence-corrected chi connectivity index (χ1v) is 10.6. The molecule has 0 atom stereocenters. The maximum atomic E-state index is 14.0. The van der Waals surface area contributed by atoms with Crippen molar-refractivity contribution in [3.63, 3.8) is 0 Å². The number of nitrogens with one attached hydrogen (secondary N) is 3. The normalized spacial score (nSPS) is 11.4. The number of ether oxygens (including phenoxy) is 1. The van der Waals surface area contributed by atoms with Crippen molar-refractivity contribution in [1.82, 2.24) is 20.8 Å². The Hall–Kier alpha value is -3.93. The molecule has 0 unspecified atom stereocenters. The van der Waals surface area contributed by atoms with Gasteiger partial charge in [0.2, 0.25) is 0 Å². The number of halogens is 4. The molecule has 4 aromatic rings. The fourth-order valence-corrected chi connectivity index (χ4v) is 4.08. The topological polar surface area (TPSA) is 96.1 Å². The minimum atomic E-state index is -4.91. The van der Waals surface area contributed by atoms with Gasteiger partial charge in [0.15, 0.2) is 5.69 Å². The van der Waals surface area contributed by atoms with E-state index in [-0.39, 0.29) is 23.7 Å². The number of carbonyl (C=O) groups is 2. The largest absolute Gasteiger partial charge is 0.573 e. The number of hydrogen-bond acceptors (Lipinski definition) is 5. The second kappa shape index (κ2) is 9.14. The highest BCUT2D eigenvalue weighted by Gasteiger charge is 2.31. The van der Waals surface area contributed by atoms with Gasteiger partial charge in [0.05, 0.1) is 10.4 Å². The van der Waals surface area contributed by atoms with Crippen molar-refractivity contribution in [1.29, 1.82) is 0 Å². The maximum Gasteiger partial charge on any atom is 0.573 e. The van der Waals surface area contributed by atoms with Crippen LogP contribution < -0.4 is 15.4 Å². The molecule has 4 rings (SSSR count). The molecule has 0 spiro atoms. The molecule has 0 aliphatic rings. The van der Waals surface area contributed by atoms with Gasteiger partial charge in [-0.15, -0.1) is 24.5 Å². The summed E-state index contributed by atoms with van der Waals surface area (Å²) in [7, 11) is 1.51. The van der Waals surface area contributed by atoms with E-state index in [0.29, 0.717) is 15.8 Å². The van der Waals surface area contributed by atoms with Gasteiger partial charge < -0.3 is 15.4 Å². The van der Waals surface area contributed by atoms with Crippen molar-refractivity contribution in [2.45, 2.75) is 12.9 Å². The highest BCUT2D eigenvalue weighted by molar-refractivity contribution is 7.12. The number of aromatic amines is 1. The molecule has 3 N–H and O–H groups in total. The van der Waals surface area contributed by atoms with E-state index >= 15 is 0 Å². The molecular weight excluding hydrogens is 476 g/mol. The Labute approximate surface area is 193 Å². The molecule has 0 bridgehead atoms. The zero-order chi connectivity index (χ0) is 24.5. The summed E-state index contributed by atoms with van der Waals surface area (Å²) in [4.78, 5) is 24.7. The van der Waals surface area contributed by atoms with Crippen LogP contribution in [-0.4, -0.2) is 35.4 Å². The minimum Gasteiger partial charge on any atom is -0.406 e. The van der Waals surface area contributed by atoms with Crippen LogP contribution in [0.5, 0.6) is 5.75 Å². The first kappa shape index (κ1) is 23.2. The highest BCUT2D eigenvalue weighted by atomic mass is 32.1. The van der Waals surface area contributed by atoms with Gasteiger partial charge in [-0.05, 0) is 52.9 Å². The number of carbonyl (C=O) groups excluding carboxylic acids is 2. The number of aromatic nitrogens is 2. The van der Waals surface area contributed by atoms with E-state index in [4.69, 9.17) is 0 Å². The van der Waals surface area contributed by atoms with Gasteiger partial charge in [0, 0.05) is 24.5 Å². The van der Waals surface area contributed by atoms with Crippen LogP contribution in [0.25, 0.3) is 22.0 Å². The second-order valence-electron chi connectivity index (χ2n) is 7.10. The molecule has 2 amide bonds. The van der Waals surface area contributed by atoms with Crippen LogP contribution in [0.15, 0.2) is 47.8 Å². The molecule has 2 heterocycles. The van der Waals surface area contributed by atoms with Crippen molar-refractivity contribution in [3.05, 3.63) is 69.8 Å². The van der Waals surface area contributed by atoms with E-state index in [1.165, 1.54) is 7.05 Å². The van der Waals surface area contributed by atoms with E-state index in [9.17, 15) is 27.2 Å². The lowest BCUT2D eigenvalue weighted by Crippen LogP contribution is -2.22. The van der Waals surface area contributed by atoms with Crippen LogP contribution >= 0.6 is 11.3 Å². The standard InChI is InChI=1S/C22H16F4N4O3S/c1-27-21(32)19-15-4-2-11(7-17(15)29-30-19)13-8-18(34-10-13)20(31)28-9-12-6-14(3-5-16(12)23)33-22(24,25)26/h2-8,10H,9H2,1H3,(H,27,32)(H,28,31)(H,29,30). The number of alkyl halides is 3. The van der Waals surface area contributed by atoms with Crippen LogP contribution in [0.3, 0.4) is 0 Å². The Kier molecular flexibility index (Phi) is 6.24. The Morgan fingerprint density at radius 2 is 1.88 bits per heavy atom. The third kappa shape index (κ3) is 5.01. The van der Waals surface area contributed by atoms with Crippen LogP contribution in [0, 0.1) is 5.82 Å². The maximum absolute atomic E-state index is 14.0. The summed E-state index contributed by atoms with van der Waals surface area (Å²) in [5.74, 6) is -2.18. The van der Waals surface area contributed by atoms with Crippen LogP contribution in [-0.2, 0) is 6.54 Å². The Balaban J connectivity index is 1.47. The fourth-order valence-electron chi connectivity index (χ4n) is 3.24. The number of amides is 2. The molecule has 0 aliphatic heterocycles. The van der Waals surface area contributed by atoms with E-state index in [0.717, 1.165) is 40.7 Å².